The molecule has 0 atom stereocenters. The Balaban J connectivity index is 1.76. The number of halogens is 1. The molecule has 3 aromatic rings. The number of benzene rings is 1. The Bertz CT molecular complexity index is 1210. The molecule has 0 unspecified atom stereocenters. The van der Waals surface area contributed by atoms with Gasteiger partial charge in [-0.2, -0.15) is 4.98 Å². The van der Waals surface area contributed by atoms with E-state index in [2.05, 4.69) is 25.8 Å². The number of nitrogens with one attached hydrogen (secondary N) is 2. The molecule has 0 aliphatic heterocycles. The van der Waals surface area contributed by atoms with Gasteiger partial charge < -0.3 is 25.6 Å². The van der Waals surface area contributed by atoms with Crippen LogP contribution in [0.25, 0.3) is 11.4 Å². The lowest BCUT2D eigenvalue weighted by atomic mass is 9.99. The van der Waals surface area contributed by atoms with Crippen LogP contribution in [0.4, 0.5) is 15.8 Å². The maximum absolute atomic E-state index is 12.6. The van der Waals surface area contributed by atoms with Crippen molar-refractivity contribution in [2.75, 3.05) is 26.1 Å². The minimum atomic E-state index is -0.818. The molecule has 0 bridgehead atoms. The number of aryl methyl sites for hydroxylation is 1. The number of hydrogen-bond acceptors (Lipinski definition) is 8. The lowest BCUT2D eigenvalue weighted by Crippen LogP contribution is -2.29. The van der Waals surface area contributed by atoms with Crippen LogP contribution in [0.3, 0.4) is 0 Å². The van der Waals surface area contributed by atoms with Gasteiger partial charge in [0.15, 0.2) is 5.75 Å². The number of primary amides is 1. The van der Waals surface area contributed by atoms with Gasteiger partial charge in [-0.3, -0.25) is 19.0 Å². The summed E-state index contributed by atoms with van der Waals surface area (Å²) in [6, 6.07) is 6.89. The highest BCUT2D eigenvalue weighted by molar-refractivity contribution is 6.00. The van der Waals surface area contributed by atoms with Gasteiger partial charge in [0.25, 0.3) is 5.91 Å². The number of methoxy groups -OCH3 is 1. The Morgan fingerprint density at radius 3 is 2.73 bits per heavy atom. The fourth-order valence-corrected chi connectivity index (χ4v) is 3.61. The van der Waals surface area contributed by atoms with Crippen LogP contribution < -0.4 is 21.1 Å². The summed E-state index contributed by atoms with van der Waals surface area (Å²) in [5.41, 5.74) is 7.01. The topological polar surface area (TPSA) is 145 Å². The average molecular weight is 454 g/mol. The molecule has 0 saturated heterocycles. The predicted octanol–water partition coefficient (Wildman–Crippen LogP) is 2.27. The molecule has 2 heterocycles. The fourth-order valence-electron chi connectivity index (χ4n) is 3.61. The number of nitrogens with zero attached hydrogens (tertiary/aromatic N) is 3. The van der Waals surface area contributed by atoms with Crippen molar-refractivity contribution in [3.8, 4) is 17.1 Å². The summed E-state index contributed by atoms with van der Waals surface area (Å²) in [7, 11) is 2.99. The van der Waals surface area contributed by atoms with Crippen molar-refractivity contribution in [1.29, 1.82) is 0 Å². The Labute approximate surface area is 188 Å². The van der Waals surface area contributed by atoms with Crippen LogP contribution in [-0.4, -0.2) is 47.8 Å². The van der Waals surface area contributed by atoms with Crippen molar-refractivity contribution in [2.24, 2.45) is 5.73 Å². The predicted molar refractivity (Wildman–Crippen MR) is 117 cm³/mol. The highest BCUT2D eigenvalue weighted by Crippen LogP contribution is 2.48. The number of anilines is 2. The smallest absolute Gasteiger partial charge is 0.254 e. The Kier molecular flexibility index (Phi) is 5.95. The molecule has 1 saturated carbocycles. The molecule has 0 spiro atoms. The van der Waals surface area contributed by atoms with Gasteiger partial charge in [-0.05, 0) is 31.0 Å². The zero-order valence-corrected chi connectivity index (χ0v) is 18.1. The van der Waals surface area contributed by atoms with Crippen molar-refractivity contribution in [1.82, 2.24) is 20.4 Å². The minimum absolute atomic E-state index is 0.0180. The van der Waals surface area contributed by atoms with Crippen LogP contribution in [-0.2, 0) is 16.6 Å². The van der Waals surface area contributed by atoms with Crippen molar-refractivity contribution in [3.63, 3.8) is 0 Å². The molecule has 1 aliphatic rings. The number of alkyl halides is 1. The fraction of sp³-hybridized carbons (Fsp3) is 0.318. The monoisotopic (exact) mass is 454 g/mol. The average Bonchev–Trinajstić information content (AvgIpc) is 3.52. The van der Waals surface area contributed by atoms with Gasteiger partial charge in [0.2, 0.25) is 17.6 Å². The quantitative estimate of drug-likeness (QED) is 0.446. The first-order valence-electron chi connectivity index (χ1n) is 10.3. The van der Waals surface area contributed by atoms with E-state index >= 15 is 0 Å². The third-order valence-electron chi connectivity index (χ3n) is 5.59. The van der Waals surface area contributed by atoms with E-state index in [-0.39, 0.29) is 29.6 Å². The van der Waals surface area contributed by atoms with Crippen LogP contribution in [0, 0.1) is 0 Å². The molecule has 11 heteroatoms. The van der Waals surface area contributed by atoms with Gasteiger partial charge in [0, 0.05) is 13.2 Å². The van der Waals surface area contributed by atoms with Crippen LogP contribution in [0.5, 0.6) is 5.75 Å². The van der Waals surface area contributed by atoms with Crippen LogP contribution >= 0.6 is 0 Å². The number of para-hydroxylation sites is 1. The molecule has 1 aromatic carbocycles. The summed E-state index contributed by atoms with van der Waals surface area (Å²) >= 11 is 0. The van der Waals surface area contributed by atoms with Gasteiger partial charge in [-0.15, -0.1) is 0 Å². The molecule has 1 fully saturated rings. The second-order valence-electron chi connectivity index (χ2n) is 7.60. The summed E-state index contributed by atoms with van der Waals surface area (Å²) in [6.45, 7) is -0.611. The molecule has 0 radical (unpaired) electrons. The maximum atomic E-state index is 12.6. The molecular formula is C22H23FN6O4. The number of carbonyl (C=O) groups excluding carboxylic acids is 2. The van der Waals surface area contributed by atoms with Gasteiger partial charge >= 0.3 is 0 Å². The Hall–Kier alpha value is -4.02. The third-order valence-corrected chi connectivity index (χ3v) is 5.59. The molecule has 4 N–H and O–H groups in total. The molecular weight excluding hydrogens is 431 g/mol. The van der Waals surface area contributed by atoms with Crippen molar-refractivity contribution in [2.45, 2.75) is 24.7 Å². The number of ether oxygens (including phenoxy) is 1. The first-order valence-corrected chi connectivity index (χ1v) is 10.3. The molecule has 4 rings (SSSR count). The lowest BCUT2D eigenvalue weighted by Gasteiger charge is -2.18. The van der Waals surface area contributed by atoms with Crippen LogP contribution in [0.15, 0.2) is 35.0 Å². The van der Waals surface area contributed by atoms with Crippen molar-refractivity contribution >= 4 is 23.2 Å². The Morgan fingerprint density at radius 2 is 2.09 bits per heavy atom. The summed E-state index contributed by atoms with van der Waals surface area (Å²) in [6.07, 6.45) is 2.64. The van der Waals surface area contributed by atoms with Gasteiger partial charge in [-0.25, -0.2) is 0 Å². The molecule has 2 amide bonds. The summed E-state index contributed by atoms with van der Waals surface area (Å²) in [5, 5.41) is 9.69. The number of nitrogens with two attached hydrogens (primary N) is 1. The molecule has 10 nitrogen and oxygen atoms in total. The maximum Gasteiger partial charge on any atom is 0.254 e. The van der Waals surface area contributed by atoms with E-state index in [1.807, 2.05) is 0 Å². The van der Waals surface area contributed by atoms with E-state index in [9.17, 15) is 14.0 Å². The third kappa shape index (κ3) is 4.09. The number of carbonyl (C=O) groups is 2. The minimum Gasteiger partial charge on any atom is -0.494 e. The lowest BCUT2D eigenvalue weighted by molar-refractivity contribution is -0.120. The first kappa shape index (κ1) is 22.2. The Morgan fingerprint density at radius 1 is 1.30 bits per heavy atom. The second kappa shape index (κ2) is 8.85. The first-order chi connectivity index (χ1) is 15.9. The largest absolute Gasteiger partial charge is 0.494 e. The van der Waals surface area contributed by atoms with E-state index in [1.54, 1.807) is 24.3 Å². The highest BCUT2D eigenvalue weighted by atomic mass is 19.1. The van der Waals surface area contributed by atoms with Crippen molar-refractivity contribution < 1.29 is 23.2 Å². The van der Waals surface area contributed by atoms with E-state index in [0.717, 1.165) is 0 Å². The van der Waals surface area contributed by atoms with E-state index < -0.39 is 18.0 Å². The van der Waals surface area contributed by atoms with Crippen LogP contribution in [0.2, 0.25) is 0 Å². The number of aromatic nitrogens is 3. The van der Waals surface area contributed by atoms with Crippen LogP contribution in [0.1, 0.15) is 34.8 Å². The number of amides is 2. The normalized spacial score (nSPS) is 13.9. The summed E-state index contributed by atoms with van der Waals surface area (Å²) in [5.74, 6) is 0.00252. The van der Waals surface area contributed by atoms with E-state index in [0.29, 0.717) is 41.2 Å². The van der Waals surface area contributed by atoms with Gasteiger partial charge in [0.05, 0.1) is 53.8 Å². The zero-order chi connectivity index (χ0) is 23.6. The van der Waals surface area contributed by atoms with Gasteiger partial charge in [-0.1, -0.05) is 11.2 Å². The van der Waals surface area contributed by atoms with E-state index in [4.69, 9.17) is 15.0 Å². The molecule has 2 aromatic heterocycles. The molecule has 33 heavy (non-hydrogen) atoms. The van der Waals surface area contributed by atoms with Crippen molar-refractivity contribution in [3.05, 3.63) is 47.6 Å². The molecule has 1 aliphatic carbocycles. The molecule has 172 valence electrons. The SMILES string of the molecule is CNC(=O)c1cnc(C2(C(N)=O)CC2)cc1Nc1cccc(-c2noc(CCF)n2)c1OC. The summed E-state index contributed by atoms with van der Waals surface area (Å²) < 4.78 is 23.3. The van der Waals surface area contributed by atoms with Gasteiger partial charge in [0.1, 0.15) is 0 Å². The van der Waals surface area contributed by atoms with E-state index in [1.165, 1.54) is 20.4 Å². The summed E-state index contributed by atoms with van der Waals surface area (Å²) in [4.78, 5) is 33.0. The second-order valence-corrected chi connectivity index (χ2v) is 7.60. The number of pyridine rings is 1. The highest BCUT2D eigenvalue weighted by Gasteiger charge is 2.51. The zero-order valence-electron chi connectivity index (χ0n) is 18.1. The number of rotatable bonds is 9. The standard InChI is InChI=1S/C22H23FN6O4/c1-25-20(30)13-11-26-16(22(7-8-22)21(24)31)10-15(13)27-14-5-3-4-12(18(14)32-2)19-28-17(6-9-23)33-29-19/h3-5,10-11H,6-9H2,1-2H3,(H2,24,31)(H,25,30)(H,26,27). The number of hydrogen-bond donors (Lipinski definition) is 3.